The zero-order valence-corrected chi connectivity index (χ0v) is 12.8. The molecule has 110 valence electrons. The fourth-order valence-electron chi connectivity index (χ4n) is 1.46. The Balaban J connectivity index is 3.63. The van der Waals surface area contributed by atoms with E-state index in [9.17, 15) is 0 Å². The van der Waals surface area contributed by atoms with E-state index in [0.717, 1.165) is 26.2 Å². The smallest absolute Gasteiger partial charge is 0.0781 e. The second-order valence-corrected chi connectivity index (χ2v) is 5.02. The highest BCUT2D eigenvalue weighted by Crippen LogP contribution is 1.94. The Labute approximate surface area is 112 Å². The standard InChI is InChI=1S/C12H32N6/c1-11(13-3,14-4)9-17-7-8-18-10-12(2,15-5)16-6/h13-18H,7-10H2,1-6H3. The van der Waals surface area contributed by atoms with Crippen molar-refractivity contribution in [1.82, 2.24) is 31.9 Å². The lowest BCUT2D eigenvalue weighted by Crippen LogP contribution is -2.59. The monoisotopic (exact) mass is 260 g/mol. The van der Waals surface area contributed by atoms with Crippen LogP contribution in [0.3, 0.4) is 0 Å². The summed E-state index contributed by atoms with van der Waals surface area (Å²) in [4.78, 5) is 0. The highest BCUT2D eigenvalue weighted by Gasteiger charge is 2.19. The maximum Gasteiger partial charge on any atom is 0.0781 e. The molecule has 0 fully saturated rings. The molecule has 0 bridgehead atoms. The SMILES string of the molecule is CNC(C)(CNCCNCC(C)(NC)NC)NC. The molecule has 0 aliphatic carbocycles. The van der Waals surface area contributed by atoms with E-state index in [1.807, 2.05) is 28.2 Å². The molecule has 0 aliphatic heterocycles. The minimum Gasteiger partial charge on any atom is -0.312 e. The molecule has 0 heterocycles. The summed E-state index contributed by atoms with van der Waals surface area (Å²) in [5.74, 6) is 0. The Morgan fingerprint density at radius 1 is 0.611 bits per heavy atom. The second-order valence-electron chi connectivity index (χ2n) is 5.02. The largest absolute Gasteiger partial charge is 0.312 e. The Hall–Kier alpha value is -0.240. The van der Waals surface area contributed by atoms with Gasteiger partial charge >= 0.3 is 0 Å². The third-order valence-corrected chi connectivity index (χ3v) is 3.64. The van der Waals surface area contributed by atoms with Gasteiger partial charge in [0.25, 0.3) is 0 Å². The van der Waals surface area contributed by atoms with Gasteiger partial charge in [-0.2, -0.15) is 0 Å². The van der Waals surface area contributed by atoms with E-state index in [4.69, 9.17) is 0 Å². The molecule has 0 atom stereocenters. The summed E-state index contributed by atoms with van der Waals surface area (Å²) in [7, 11) is 7.84. The minimum atomic E-state index is -0.0511. The van der Waals surface area contributed by atoms with Gasteiger partial charge in [-0.15, -0.1) is 0 Å². The summed E-state index contributed by atoms with van der Waals surface area (Å²) < 4.78 is 0. The van der Waals surface area contributed by atoms with Gasteiger partial charge in [0.2, 0.25) is 0 Å². The molecule has 6 nitrogen and oxygen atoms in total. The van der Waals surface area contributed by atoms with Crippen molar-refractivity contribution < 1.29 is 0 Å². The Bertz CT molecular complexity index is 179. The summed E-state index contributed by atoms with van der Waals surface area (Å²) in [6, 6.07) is 0. The molecule has 0 radical (unpaired) electrons. The van der Waals surface area contributed by atoms with E-state index in [2.05, 4.69) is 45.7 Å². The van der Waals surface area contributed by atoms with Gasteiger partial charge in [0.05, 0.1) is 11.3 Å². The van der Waals surface area contributed by atoms with Crippen molar-refractivity contribution in [2.45, 2.75) is 25.2 Å². The predicted octanol–water partition coefficient (Wildman–Crippen LogP) is -1.52. The minimum absolute atomic E-state index is 0.0511. The fraction of sp³-hybridized carbons (Fsp3) is 1.00. The summed E-state index contributed by atoms with van der Waals surface area (Å²) in [6.07, 6.45) is 0. The molecule has 6 N–H and O–H groups in total. The maximum atomic E-state index is 3.42. The van der Waals surface area contributed by atoms with Crippen LogP contribution in [-0.2, 0) is 0 Å². The summed E-state index contributed by atoms with van der Waals surface area (Å²) in [5, 5.41) is 19.8. The highest BCUT2D eigenvalue weighted by atomic mass is 15.2. The molecule has 0 aliphatic rings. The molecule has 0 aromatic rings. The average Bonchev–Trinajstić information content (AvgIpc) is 2.42. The van der Waals surface area contributed by atoms with Crippen LogP contribution in [0.4, 0.5) is 0 Å². The van der Waals surface area contributed by atoms with Crippen molar-refractivity contribution in [3.05, 3.63) is 0 Å². The van der Waals surface area contributed by atoms with Crippen molar-refractivity contribution >= 4 is 0 Å². The molecule has 0 aromatic carbocycles. The fourth-order valence-corrected chi connectivity index (χ4v) is 1.46. The van der Waals surface area contributed by atoms with Crippen molar-refractivity contribution in [2.24, 2.45) is 0 Å². The number of rotatable bonds is 11. The molecular weight excluding hydrogens is 228 g/mol. The first-order valence-electron chi connectivity index (χ1n) is 6.62. The maximum absolute atomic E-state index is 3.42. The predicted molar refractivity (Wildman–Crippen MR) is 78.8 cm³/mol. The van der Waals surface area contributed by atoms with E-state index < -0.39 is 0 Å². The molecule has 0 rings (SSSR count). The lowest BCUT2D eigenvalue weighted by molar-refractivity contribution is 0.298. The summed E-state index contributed by atoms with van der Waals surface area (Å²) in [6.45, 7) is 7.93. The van der Waals surface area contributed by atoms with Crippen molar-refractivity contribution in [3.8, 4) is 0 Å². The lowest BCUT2D eigenvalue weighted by atomic mass is 10.2. The third-order valence-electron chi connectivity index (χ3n) is 3.64. The van der Waals surface area contributed by atoms with Gasteiger partial charge in [-0.3, -0.25) is 0 Å². The van der Waals surface area contributed by atoms with Crippen LogP contribution in [0.25, 0.3) is 0 Å². The first kappa shape index (κ1) is 17.8. The van der Waals surface area contributed by atoms with E-state index in [1.165, 1.54) is 0 Å². The Morgan fingerprint density at radius 2 is 0.889 bits per heavy atom. The summed E-state index contributed by atoms with van der Waals surface area (Å²) in [5.41, 5.74) is -0.102. The normalized spacial score (nSPS) is 13.0. The molecule has 0 saturated heterocycles. The molecular formula is C12H32N6. The van der Waals surface area contributed by atoms with Crippen LogP contribution in [0.15, 0.2) is 0 Å². The second kappa shape index (κ2) is 8.79. The van der Waals surface area contributed by atoms with Gasteiger partial charge in [0.1, 0.15) is 0 Å². The number of likely N-dealkylation sites (N-methyl/N-ethyl adjacent to an activating group) is 4. The topological polar surface area (TPSA) is 72.2 Å². The first-order chi connectivity index (χ1) is 8.45. The van der Waals surface area contributed by atoms with Gasteiger partial charge in [0, 0.05) is 26.2 Å². The zero-order chi connectivity index (χ0) is 14.1. The lowest BCUT2D eigenvalue weighted by Gasteiger charge is -2.30. The van der Waals surface area contributed by atoms with Gasteiger partial charge in [-0.1, -0.05) is 0 Å². The van der Waals surface area contributed by atoms with E-state index in [1.54, 1.807) is 0 Å². The zero-order valence-electron chi connectivity index (χ0n) is 12.8. The van der Waals surface area contributed by atoms with Crippen molar-refractivity contribution in [3.63, 3.8) is 0 Å². The van der Waals surface area contributed by atoms with Crippen LogP contribution < -0.4 is 31.9 Å². The first-order valence-corrected chi connectivity index (χ1v) is 6.62. The van der Waals surface area contributed by atoms with Crippen LogP contribution in [0.2, 0.25) is 0 Å². The van der Waals surface area contributed by atoms with Crippen LogP contribution in [0.5, 0.6) is 0 Å². The molecule has 18 heavy (non-hydrogen) atoms. The molecule has 0 amide bonds. The van der Waals surface area contributed by atoms with E-state index >= 15 is 0 Å². The van der Waals surface area contributed by atoms with E-state index in [0.29, 0.717) is 0 Å². The molecule has 0 saturated carbocycles. The summed E-state index contributed by atoms with van der Waals surface area (Å²) >= 11 is 0. The van der Waals surface area contributed by atoms with Gasteiger partial charge in [-0.05, 0) is 42.0 Å². The van der Waals surface area contributed by atoms with Crippen LogP contribution in [0, 0.1) is 0 Å². The highest BCUT2D eigenvalue weighted by molar-refractivity contribution is 4.81. The average molecular weight is 260 g/mol. The van der Waals surface area contributed by atoms with Crippen molar-refractivity contribution in [1.29, 1.82) is 0 Å². The van der Waals surface area contributed by atoms with E-state index in [-0.39, 0.29) is 11.3 Å². The van der Waals surface area contributed by atoms with Crippen LogP contribution >= 0.6 is 0 Å². The Morgan fingerprint density at radius 3 is 1.11 bits per heavy atom. The quantitative estimate of drug-likeness (QED) is 0.200. The number of hydrogen-bond donors (Lipinski definition) is 6. The molecule has 0 spiro atoms. The Kier molecular flexibility index (Phi) is 8.67. The molecule has 0 unspecified atom stereocenters. The van der Waals surface area contributed by atoms with Crippen LogP contribution in [0.1, 0.15) is 13.8 Å². The van der Waals surface area contributed by atoms with Crippen molar-refractivity contribution in [2.75, 3.05) is 54.4 Å². The van der Waals surface area contributed by atoms with Gasteiger partial charge < -0.3 is 31.9 Å². The van der Waals surface area contributed by atoms with Gasteiger partial charge in [0.15, 0.2) is 0 Å². The third kappa shape index (κ3) is 6.63. The van der Waals surface area contributed by atoms with Crippen LogP contribution in [-0.4, -0.2) is 65.7 Å². The number of hydrogen-bond acceptors (Lipinski definition) is 6. The molecule has 0 aromatic heterocycles. The number of nitrogens with one attached hydrogen (secondary N) is 6. The molecule has 6 heteroatoms. The van der Waals surface area contributed by atoms with Gasteiger partial charge in [-0.25, -0.2) is 0 Å².